The summed E-state index contributed by atoms with van der Waals surface area (Å²) in [5, 5.41) is 4.75. The van der Waals surface area contributed by atoms with Crippen LogP contribution in [0.25, 0.3) is 0 Å². The zero-order chi connectivity index (χ0) is 8.97. The van der Waals surface area contributed by atoms with Crippen molar-refractivity contribution < 1.29 is 14.3 Å². The molecule has 5 nitrogen and oxygen atoms in total. The normalized spacial score (nSPS) is 19.1. The minimum atomic E-state index is -0.355. The van der Waals surface area contributed by atoms with Crippen LogP contribution in [-0.2, 0) is 9.53 Å². The number of nitrogens with one attached hydrogen (secondary N) is 2. The first-order valence-corrected chi connectivity index (χ1v) is 3.58. The molecule has 0 aromatic carbocycles. The van der Waals surface area contributed by atoms with Crippen molar-refractivity contribution in [1.82, 2.24) is 10.6 Å². The van der Waals surface area contributed by atoms with E-state index in [-0.39, 0.29) is 12.0 Å². The van der Waals surface area contributed by atoms with E-state index in [1.165, 1.54) is 13.2 Å². The molecule has 0 aromatic heterocycles. The quantitative estimate of drug-likeness (QED) is 0.421. The molecule has 2 amide bonds. The molecule has 0 atom stereocenters. The number of hydrogen-bond donors (Lipinski definition) is 2. The van der Waals surface area contributed by atoms with Crippen LogP contribution in [0.15, 0.2) is 11.8 Å². The summed E-state index contributed by atoms with van der Waals surface area (Å²) in [6.45, 7) is 0.403. The molecule has 66 valence electrons. The third-order valence-electron chi connectivity index (χ3n) is 1.47. The topological polar surface area (TPSA) is 67.4 Å². The summed E-state index contributed by atoms with van der Waals surface area (Å²) in [5.41, 5.74) is 0.499. The summed E-state index contributed by atoms with van der Waals surface area (Å²) in [4.78, 5) is 21.5. The Balaban J connectivity index is 2.46. The van der Waals surface area contributed by atoms with Crippen molar-refractivity contribution in [3.8, 4) is 0 Å². The number of carbonyl (C=O) groups excluding carboxylic acids is 2. The second-order valence-electron chi connectivity index (χ2n) is 2.28. The molecule has 0 saturated carbocycles. The highest BCUT2D eigenvalue weighted by Crippen LogP contribution is 2.10. The summed E-state index contributed by atoms with van der Waals surface area (Å²) < 4.78 is 4.65. The van der Waals surface area contributed by atoms with Crippen LogP contribution < -0.4 is 10.6 Å². The minimum absolute atomic E-state index is 0.345. The molecule has 0 bridgehead atoms. The maximum absolute atomic E-state index is 10.8. The molecule has 2 N–H and O–H groups in total. The Bertz CT molecular complexity index is 235. The van der Waals surface area contributed by atoms with Crippen LogP contribution in [0.4, 0.5) is 4.79 Å². The largest absolute Gasteiger partial charge is 0.462 e. The lowest BCUT2D eigenvalue weighted by Gasteiger charge is -1.97. The van der Waals surface area contributed by atoms with E-state index < -0.39 is 0 Å². The van der Waals surface area contributed by atoms with Gasteiger partial charge in [0.15, 0.2) is 0 Å². The van der Waals surface area contributed by atoms with E-state index in [1.807, 2.05) is 0 Å². The monoisotopic (exact) mass is 170 g/mol. The first kappa shape index (κ1) is 8.58. The molecule has 1 aliphatic heterocycles. The van der Waals surface area contributed by atoms with Crippen molar-refractivity contribution in [2.75, 3.05) is 13.7 Å². The van der Waals surface area contributed by atoms with Gasteiger partial charge in [0.1, 0.15) is 0 Å². The first-order chi connectivity index (χ1) is 5.74. The van der Waals surface area contributed by atoms with Crippen LogP contribution >= 0.6 is 0 Å². The van der Waals surface area contributed by atoms with Crippen LogP contribution in [0.5, 0.6) is 0 Å². The lowest BCUT2D eigenvalue weighted by molar-refractivity contribution is -0.135. The van der Waals surface area contributed by atoms with Crippen molar-refractivity contribution in [1.29, 1.82) is 0 Å². The molecule has 0 aliphatic carbocycles. The van der Waals surface area contributed by atoms with Gasteiger partial charge in [0.2, 0.25) is 0 Å². The third kappa shape index (κ3) is 1.98. The van der Waals surface area contributed by atoms with Gasteiger partial charge in [0.05, 0.1) is 12.2 Å². The van der Waals surface area contributed by atoms with Crippen LogP contribution in [0.1, 0.15) is 6.42 Å². The number of amides is 2. The Hall–Kier alpha value is -1.52. The predicted octanol–water partition coefficient (Wildman–Crippen LogP) is -0.254. The minimum Gasteiger partial charge on any atom is -0.462 e. The highest BCUT2D eigenvalue weighted by Gasteiger charge is 2.18. The predicted molar refractivity (Wildman–Crippen MR) is 41.3 cm³/mol. The summed E-state index contributed by atoms with van der Waals surface area (Å²) in [6.07, 6.45) is 1.93. The van der Waals surface area contributed by atoms with Gasteiger partial charge in [-0.2, -0.15) is 0 Å². The number of esters is 1. The fraction of sp³-hybridized carbons (Fsp3) is 0.429. The van der Waals surface area contributed by atoms with E-state index in [4.69, 9.17) is 0 Å². The SMILES string of the molecule is CNC(=O)N/C=C1/CCOC1=O. The van der Waals surface area contributed by atoms with Gasteiger partial charge in [-0.25, -0.2) is 9.59 Å². The Kier molecular flexibility index (Phi) is 2.68. The molecule has 1 fully saturated rings. The Morgan fingerprint density at radius 1 is 1.67 bits per heavy atom. The van der Waals surface area contributed by atoms with Crippen molar-refractivity contribution in [2.45, 2.75) is 6.42 Å². The molecule has 1 aliphatic rings. The van der Waals surface area contributed by atoms with E-state index in [0.29, 0.717) is 18.6 Å². The molecule has 12 heavy (non-hydrogen) atoms. The van der Waals surface area contributed by atoms with Gasteiger partial charge < -0.3 is 15.4 Å². The van der Waals surface area contributed by atoms with E-state index in [1.54, 1.807) is 0 Å². The smallest absolute Gasteiger partial charge is 0.335 e. The van der Waals surface area contributed by atoms with Crippen molar-refractivity contribution in [3.05, 3.63) is 11.8 Å². The molecule has 5 heteroatoms. The standard InChI is InChI=1S/C7H10N2O3/c1-8-7(11)9-4-5-2-3-12-6(5)10/h4H,2-3H2,1H3,(H2,8,9,11)/b5-4-. The summed E-state index contributed by atoms with van der Waals surface area (Å²) in [5.74, 6) is -0.355. The Morgan fingerprint density at radius 2 is 2.42 bits per heavy atom. The number of ether oxygens (including phenoxy) is 1. The van der Waals surface area contributed by atoms with Gasteiger partial charge >= 0.3 is 12.0 Å². The third-order valence-corrected chi connectivity index (χ3v) is 1.47. The van der Waals surface area contributed by atoms with Crippen LogP contribution in [0, 0.1) is 0 Å². The second kappa shape index (κ2) is 3.75. The molecule has 0 radical (unpaired) electrons. The van der Waals surface area contributed by atoms with E-state index in [2.05, 4.69) is 15.4 Å². The van der Waals surface area contributed by atoms with Crippen LogP contribution in [0.2, 0.25) is 0 Å². The van der Waals surface area contributed by atoms with Crippen molar-refractivity contribution in [2.24, 2.45) is 0 Å². The van der Waals surface area contributed by atoms with Gasteiger partial charge in [-0.05, 0) is 0 Å². The fourth-order valence-corrected chi connectivity index (χ4v) is 0.804. The molecular formula is C7H10N2O3. The summed E-state index contributed by atoms with van der Waals surface area (Å²) in [7, 11) is 1.50. The zero-order valence-electron chi connectivity index (χ0n) is 6.72. The van der Waals surface area contributed by atoms with Crippen molar-refractivity contribution >= 4 is 12.0 Å². The average Bonchev–Trinajstić information content (AvgIpc) is 2.47. The molecule has 0 spiro atoms. The molecular weight excluding hydrogens is 160 g/mol. The first-order valence-electron chi connectivity index (χ1n) is 3.58. The summed E-state index contributed by atoms with van der Waals surface area (Å²) in [6, 6.07) is -0.345. The molecule has 0 aromatic rings. The molecule has 1 rings (SSSR count). The van der Waals surface area contributed by atoms with Crippen LogP contribution in [0.3, 0.4) is 0 Å². The molecule has 1 heterocycles. The van der Waals surface area contributed by atoms with Gasteiger partial charge in [-0.15, -0.1) is 0 Å². The molecule has 0 unspecified atom stereocenters. The van der Waals surface area contributed by atoms with E-state index in [9.17, 15) is 9.59 Å². The fourth-order valence-electron chi connectivity index (χ4n) is 0.804. The van der Waals surface area contributed by atoms with Gasteiger partial charge in [0, 0.05) is 19.7 Å². The van der Waals surface area contributed by atoms with E-state index >= 15 is 0 Å². The van der Waals surface area contributed by atoms with Gasteiger partial charge in [-0.1, -0.05) is 0 Å². The van der Waals surface area contributed by atoms with Gasteiger partial charge in [0.25, 0.3) is 0 Å². The zero-order valence-corrected chi connectivity index (χ0v) is 6.72. The Morgan fingerprint density at radius 3 is 2.92 bits per heavy atom. The molecule has 1 saturated heterocycles. The van der Waals surface area contributed by atoms with Crippen molar-refractivity contribution in [3.63, 3.8) is 0 Å². The highest BCUT2D eigenvalue weighted by molar-refractivity contribution is 5.90. The van der Waals surface area contributed by atoms with E-state index in [0.717, 1.165) is 0 Å². The number of rotatable bonds is 1. The number of cyclic esters (lactones) is 1. The average molecular weight is 170 g/mol. The number of urea groups is 1. The van der Waals surface area contributed by atoms with Gasteiger partial charge in [-0.3, -0.25) is 0 Å². The highest BCUT2D eigenvalue weighted by atomic mass is 16.5. The maximum Gasteiger partial charge on any atom is 0.335 e. The summed E-state index contributed by atoms with van der Waals surface area (Å²) >= 11 is 0. The number of hydrogen-bond acceptors (Lipinski definition) is 3. The lowest BCUT2D eigenvalue weighted by Crippen LogP contribution is -2.29. The van der Waals surface area contributed by atoms with Crippen LogP contribution in [-0.4, -0.2) is 25.7 Å². The second-order valence-corrected chi connectivity index (χ2v) is 2.28. The maximum atomic E-state index is 10.8. The number of carbonyl (C=O) groups is 2. The lowest BCUT2D eigenvalue weighted by atomic mass is 10.2. The Labute approximate surface area is 69.8 Å².